The van der Waals surface area contributed by atoms with Gasteiger partial charge < -0.3 is 14.9 Å². The Kier molecular flexibility index (Phi) is 22.7. The summed E-state index contributed by atoms with van der Waals surface area (Å²) in [5.41, 5.74) is -0.930. The fraction of sp³-hybridized carbons (Fsp3) is 0.966. The van der Waals surface area contributed by atoms with Gasteiger partial charge in [-0.1, -0.05) is 129 Å². The van der Waals surface area contributed by atoms with Crippen molar-refractivity contribution in [2.45, 2.75) is 174 Å². The van der Waals surface area contributed by atoms with E-state index in [1.165, 1.54) is 110 Å². The van der Waals surface area contributed by atoms with E-state index in [4.69, 9.17) is 4.74 Å². The van der Waals surface area contributed by atoms with E-state index in [1.807, 2.05) is 0 Å². The summed E-state index contributed by atoms with van der Waals surface area (Å²) in [5.74, 6) is -0.360. The number of ether oxygens (including phenoxy) is 1. The molecule has 0 saturated carbocycles. The SMILES string of the molecule is CCCCCCCCCCCCC(CCCCCCCCCCCC)(OC(C)=O)C(O)CO. The number of hydrogen-bond acceptors (Lipinski definition) is 4. The third-order valence-electron chi connectivity index (χ3n) is 7.03. The quantitative estimate of drug-likeness (QED) is 0.104. The first-order valence-electron chi connectivity index (χ1n) is 14.5. The lowest BCUT2D eigenvalue weighted by Crippen LogP contribution is -2.48. The highest BCUT2D eigenvalue weighted by Crippen LogP contribution is 2.31. The zero-order valence-corrected chi connectivity index (χ0v) is 22.6. The van der Waals surface area contributed by atoms with Gasteiger partial charge in [0.15, 0.2) is 0 Å². The monoisotopic (exact) mass is 470 g/mol. The molecule has 0 bridgehead atoms. The molecule has 1 atom stereocenters. The molecule has 0 saturated heterocycles. The van der Waals surface area contributed by atoms with Crippen molar-refractivity contribution in [3.8, 4) is 0 Å². The molecular weight excluding hydrogens is 412 g/mol. The summed E-state index contributed by atoms with van der Waals surface area (Å²) in [4.78, 5) is 11.8. The minimum absolute atomic E-state index is 0.358. The summed E-state index contributed by atoms with van der Waals surface area (Å²) in [7, 11) is 0. The number of hydrogen-bond donors (Lipinski definition) is 2. The standard InChI is InChI=1S/C29H58O4/c1-4-6-8-10-12-14-16-18-20-22-24-29(28(32)26-30,33-27(3)31)25-23-21-19-17-15-13-11-9-7-5-2/h28,30,32H,4-26H2,1-3H3. The first-order valence-corrected chi connectivity index (χ1v) is 14.5. The van der Waals surface area contributed by atoms with Crippen LogP contribution in [0.5, 0.6) is 0 Å². The molecule has 0 amide bonds. The highest BCUT2D eigenvalue weighted by molar-refractivity contribution is 5.66. The van der Waals surface area contributed by atoms with E-state index in [0.29, 0.717) is 12.8 Å². The van der Waals surface area contributed by atoms with E-state index in [0.717, 1.165) is 25.7 Å². The molecule has 1 unspecified atom stereocenters. The highest BCUT2D eigenvalue weighted by Gasteiger charge is 2.39. The lowest BCUT2D eigenvalue weighted by molar-refractivity contribution is -0.178. The molecule has 2 N–H and O–H groups in total. The summed E-state index contributed by atoms with van der Waals surface area (Å²) < 4.78 is 5.71. The second kappa shape index (κ2) is 23.1. The van der Waals surface area contributed by atoms with E-state index in [-0.39, 0.29) is 12.6 Å². The van der Waals surface area contributed by atoms with Crippen LogP contribution < -0.4 is 0 Å². The summed E-state index contributed by atoms with van der Waals surface area (Å²) >= 11 is 0. The van der Waals surface area contributed by atoms with Crippen LogP contribution in [-0.4, -0.2) is 34.5 Å². The predicted molar refractivity (Wildman–Crippen MR) is 141 cm³/mol. The van der Waals surface area contributed by atoms with Gasteiger partial charge in [0.2, 0.25) is 0 Å². The lowest BCUT2D eigenvalue weighted by Gasteiger charge is -2.37. The minimum atomic E-state index is -1.00. The minimum Gasteiger partial charge on any atom is -0.456 e. The van der Waals surface area contributed by atoms with Gasteiger partial charge in [-0.25, -0.2) is 0 Å². The number of aliphatic hydroxyl groups excluding tert-OH is 2. The largest absolute Gasteiger partial charge is 0.456 e. The number of unbranched alkanes of at least 4 members (excludes halogenated alkanes) is 18. The van der Waals surface area contributed by atoms with E-state index in [2.05, 4.69) is 13.8 Å². The van der Waals surface area contributed by atoms with Crippen molar-refractivity contribution in [3.63, 3.8) is 0 Å². The average Bonchev–Trinajstić information content (AvgIpc) is 2.80. The number of carbonyl (C=O) groups is 1. The molecule has 198 valence electrons. The Hall–Kier alpha value is -0.610. The van der Waals surface area contributed by atoms with Crippen LogP contribution in [0.25, 0.3) is 0 Å². The topological polar surface area (TPSA) is 66.8 Å². The van der Waals surface area contributed by atoms with Crippen molar-refractivity contribution in [2.24, 2.45) is 0 Å². The molecule has 33 heavy (non-hydrogen) atoms. The van der Waals surface area contributed by atoms with E-state index < -0.39 is 11.7 Å². The molecule has 0 radical (unpaired) electrons. The molecule has 4 heteroatoms. The van der Waals surface area contributed by atoms with Crippen LogP contribution in [0.3, 0.4) is 0 Å². The van der Waals surface area contributed by atoms with Crippen LogP contribution in [0.2, 0.25) is 0 Å². The van der Waals surface area contributed by atoms with Gasteiger partial charge in [0.25, 0.3) is 0 Å². The first-order chi connectivity index (χ1) is 16.0. The second-order valence-corrected chi connectivity index (χ2v) is 10.2. The maximum absolute atomic E-state index is 11.8. The van der Waals surface area contributed by atoms with Crippen LogP contribution >= 0.6 is 0 Å². The van der Waals surface area contributed by atoms with Crippen LogP contribution in [0, 0.1) is 0 Å². The Bertz CT molecular complexity index is 400. The van der Waals surface area contributed by atoms with E-state index in [9.17, 15) is 15.0 Å². The Morgan fingerprint density at radius 2 is 0.939 bits per heavy atom. The summed E-state index contributed by atoms with van der Waals surface area (Å²) in [6.45, 7) is 5.55. The van der Waals surface area contributed by atoms with Crippen LogP contribution in [0.1, 0.15) is 162 Å². The molecular formula is C29H58O4. The molecule has 0 fully saturated rings. The van der Waals surface area contributed by atoms with Gasteiger partial charge in [-0.05, 0) is 25.7 Å². The maximum Gasteiger partial charge on any atom is 0.303 e. The van der Waals surface area contributed by atoms with Crippen molar-refractivity contribution in [1.82, 2.24) is 0 Å². The van der Waals surface area contributed by atoms with Crippen LogP contribution in [0.4, 0.5) is 0 Å². The molecule has 0 aromatic carbocycles. The lowest BCUT2D eigenvalue weighted by atomic mass is 9.84. The van der Waals surface area contributed by atoms with Gasteiger partial charge in [0.05, 0.1) is 6.61 Å². The average molecular weight is 471 g/mol. The number of aliphatic hydroxyl groups is 2. The zero-order chi connectivity index (χ0) is 24.6. The molecule has 4 nitrogen and oxygen atoms in total. The Labute approximate surface area is 206 Å². The third-order valence-corrected chi connectivity index (χ3v) is 7.03. The Morgan fingerprint density at radius 3 is 1.21 bits per heavy atom. The van der Waals surface area contributed by atoms with Gasteiger partial charge in [0, 0.05) is 6.92 Å². The van der Waals surface area contributed by atoms with Gasteiger partial charge in [0.1, 0.15) is 11.7 Å². The molecule has 0 aliphatic rings. The van der Waals surface area contributed by atoms with E-state index in [1.54, 1.807) is 0 Å². The zero-order valence-electron chi connectivity index (χ0n) is 22.6. The molecule has 0 aliphatic heterocycles. The first kappa shape index (κ1) is 32.4. The number of esters is 1. The number of carbonyl (C=O) groups excluding carboxylic acids is 1. The second-order valence-electron chi connectivity index (χ2n) is 10.2. The van der Waals surface area contributed by atoms with E-state index >= 15 is 0 Å². The van der Waals surface area contributed by atoms with Crippen molar-refractivity contribution >= 4 is 5.97 Å². The highest BCUT2D eigenvalue weighted by atomic mass is 16.6. The van der Waals surface area contributed by atoms with Gasteiger partial charge in [-0.3, -0.25) is 4.79 Å². The van der Waals surface area contributed by atoms with Gasteiger partial charge in [-0.15, -0.1) is 0 Å². The molecule has 0 aliphatic carbocycles. The van der Waals surface area contributed by atoms with Crippen LogP contribution in [-0.2, 0) is 9.53 Å². The van der Waals surface area contributed by atoms with Crippen molar-refractivity contribution in [2.75, 3.05) is 6.61 Å². The van der Waals surface area contributed by atoms with Gasteiger partial charge in [-0.2, -0.15) is 0 Å². The fourth-order valence-corrected chi connectivity index (χ4v) is 4.90. The third kappa shape index (κ3) is 18.4. The Morgan fingerprint density at radius 1 is 0.636 bits per heavy atom. The maximum atomic E-state index is 11.8. The van der Waals surface area contributed by atoms with Gasteiger partial charge >= 0.3 is 5.97 Å². The van der Waals surface area contributed by atoms with Crippen molar-refractivity contribution < 1.29 is 19.7 Å². The summed E-state index contributed by atoms with van der Waals surface area (Å²) in [6.07, 6.45) is 25.2. The smallest absolute Gasteiger partial charge is 0.303 e. The molecule has 0 rings (SSSR count). The van der Waals surface area contributed by atoms with Crippen molar-refractivity contribution in [1.29, 1.82) is 0 Å². The summed E-state index contributed by atoms with van der Waals surface area (Å²) in [6, 6.07) is 0. The number of rotatable bonds is 25. The molecule has 0 spiro atoms. The van der Waals surface area contributed by atoms with Crippen molar-refractivity contribution in [3.05, 3.63) is 0 Å². The normalized spacial score (nSPS) is 12.8. The molecule has 0 aromatic heterocycles. The predicted octanol–water partition coefficient (Wildman–Crippen LogP) is 8.26. The molecule has 0 aromatic rings. The van der Waals surface area contributed by atoms with Crippen LogP contribution in [0.15, 0.2) is 0 Å². The summed E-state index contributed by atoms with van der Waals surface area (Å²) in [5, 5.41) is 20.2. The fourth-order valence-electron chi connectivity index (χ4n) is 4.90. The Balaban J connectivity index is 4.26. The molecule has 0 heterocycles.